The third-order valence-electron chi connectivity index (χ3n) is 6.28. The van der Waals surface area contributed by atoms with Gasteiger partial charge in [-0.05, 0) is 25.0 Å². The molecule has 37 heavy (non-hydrogen) atoms. The van der Waals surface area contributed by atoms with Crippen molar-refractivity contribution in [1.29, 1.82) is 5.26 Å². The third kappa shape index (κ3) is 5.47. The largest absolute Gasteiger partial charge is 0.465 e. The van der Waals surface area contributed by atoms with Crippen molar-refractivity contribution in [2.45, 2.75) is 43.4 Å². The van der Waals surface area contributed by atoms with Gasteiger partial charge < -0.3 is 21.1 Å². The number of carboxylic acid groups (broad SMARTS) is 1. The summed E-state index contributed by atoms with van der Waals surface area (Å²) in [5, 5.41) is 32.8. The predicted molar refractivity (Wildman–Crippen MR) is 122 cm³/mol. The highest BCUT2D eigenvalue weighted by Crippen LogP contribution is 2.41. The van der Waals surface area contributed by atoms with Crippen LogP contribution in [0.15, 0.2) is 36.9 Å². The van der Waals surface area contributed by atoms with Crippen molar-refractivity contribution >= 4 is 23.5 Å². The van der Waals surface area contributed by atoms with E-state index in [1.807, 2.05) is 6.07 Å². The van der Waals surface area contributed by atoms with Crippen LogP contribution in [0.5, 0.6) is 0 Å². The molecule has 15 heteroatoms. The number of primary amides is 1. The van der Waals surface area contributed by atoms with E-state index in [0.29, 0.717) is 11.4 Å². The molecule has 1 saturated heterocycles. The zero-order chi connectivity index (χ0) is 26.8. The molecule has 194 valence electrons. The standard InChI is InChI=1S/C22H22F3N9O3/c23-22(24,25)8-15-7-21(3-5-26,4-6-33(15)20(36)37)34-12-16(18(27)35)19(32-34)31-14-1-2-17(28-11-14)13-9-29-30-10-13/h1-2,9-12,15H,3-4,6-8H2,(H2,27,35)(H,29,30)(H,31,32)(H,36,37). The molecule has 1 aliphatic rings. The van der Waals surface area contributed by atoms with Crippen molar-refractivity contribution in [1.82, 2.24) is 29.9 Å². The van der Waals surface area contributed by atoms with Crippen molar-refractivity contribution in [3.05, 3.63) is 42.5 Å². The van der Waals surface area contributed by atoms with E-state index in [4.69, 9.17) is 5.73 Å². The van der Waals surface area contributed by atoms with E-state index in [0.717, 1.165) is 10.5 Å². The van der Waals surface area contributed by atoms with Gasteiger partial charge in [0.1, 0.15) is 5.56 Å². The zero-order valence-corrected chi connectivity index (χ0v) is 19.2. The number of hydrogen-bond acceptors (Lipinski definition) is 7. The maximum Gasteiger partial charge on any atom is 0.407 e. The minimum atomic E-state index is -4.63. The zero-order valence-electron chi connectivity index (χ0n) is 19.2. The van der Waals surface area contributed by atoms with Gasteiger partial charge in [0.05, 0.1) is 48.2 Å². The monoisotopic (exact) mass is 517 g/mol. The molecule has 1 aliphatic heterocycles. The van der Waals surface area contributed by atoms with Crippen LogP contribution in [0.2, 0.25) is 0 Å². The number of aromatic nitrogens is 5. The number of alkyl halides is 3. The Hall–Kier alpha value is -4.61. The van der Waals surface area contributed by atoms with E-state index in [-0.39, 0.29) is 37.2 Å². The minimum Gasteiger partial charge on any atom is -0.465 e. The maximum atomic E-state index is 13.3. The number of nitriles is 1. The molecule has 0 spiro atoms. The molecule has 4 heterocycles. The van der Waals surface area contributed by atoms with E-state index in [9.17, 15) is 33.1 Å². The molecule has 0 radical (unpaired) electrons. The molecular formula is C22H22F3N9O3. The van der Waals surface area contributed by atoms with Crippen molar-refractivity contribution in [2.75, 3.05) is 11.9 Å². The number of H-pyrrole nitrogens is 1. The van der Waals surface area contributed by atoms with E-state index in [2.05, 4.69) is 25.6 Å². The Labute approximate surface area is 207 Å². The minimum absolute atomic E-state index is 0.0154. The Balaban J connectivity index is 1.66. The molecule has 3 aromatic rings. The van der Waals surface area contributed by atoms with Crippen LogP contribution < -0.4 is 11.1 Å². The number of halogens is 3. The molecule has 0 aliphatic carbocycles. The van der Waals surface area contributed by atoms with Crippen molar-refractivity contribution in [3.63, 3.8) is 0 Å². The Morgan fingerprint density at radius 1 is 1.35 bits per heavy atom. The van der Waals surface area contributed by atoms with Crippen LogP contribution in [0.3, 0.4) is 0 Å². The van der Waals surface area contributed by atoms with Gasteiger partial charge in [-0.2, -0.15) is 28.6 Å². The van der Waals surface area contributed by atoms with Crippen LogP contribution in [0, 0.1) is 11.3 Å². The first-order valence-corrected chi connectivity index (χ1v) is 11.1. The number of amides is 2. The Kier molecular flexibility index (Phi) is 6.75. The number of nitrogens with two attached hydrogens (primary N) is 1. The lowest BCUT2D eigenvalue weighted by molar-refractivity contribution is -0.151. The Morgan fingerprint density at radius 2 is 2.14 bits per heavy atom. The SMILES string of the molecule is N#CCC1(n2cc(C(N)=O)c(Nc3ccc(-c4cn[nH]c4)nc3)n2)CCN(C(=O)O)C(CC(F)(F)F)C1. The number of anilines is 2. The fourth-order valence-electron chi connectivity index (χ4n) is 4.52. The van der Waals surface area contributed by atoms with Crippen molar-refractivity contribution in [2.24, 2.45) is 5.73 Å². The molecule has 1 fully saturated rings. The lowest BCUT2D eigenvalue weighted by Gasteiger charge is -2.45. The van der Waals surface area contributed by atoms with Gasteiger partial charge in [0.15, 0.2) is 5.82 Å². The molecule has 12 nitrogen and oxygen atoms in total. The second kappa shape index (κ2) is 9.80. The van der Waals surface area contributed by atoms with Crippen LogP contribution in [-0.4, -0.2) is 65.7 Å². The summed E-state index contributed by atoms with van der Waals surface area (Å²) in [4.78, 5) is 28.8. The van der Waals surface area contributed by atoms with Crippen molar-refractivity contribution < 1.29 is 27.9 Å². The van der Waals surface area contributed by atoms with Gasteiger partial charge in [-0.3, -0.25) is 19.6 Å². The van der Waals surface area contributed by atoms with E-state index >= 15 is 0 Å². The summed E-state index contributed by atoms with van der Waals surface area (Å²) in [5.74, 6) is -0.825. The molecule has 5 N–H and O–H groups in total. The topological polar surface area (TPSA) is 179 Å². The van der Waals surface area contributed by atoms with Crippen LogP contribution in [0.25, 0.3) is 11.3 Å². The van der Waals surface area contributed by atoms with E-state index in [1.54, 1.807) is 24.5 Å². The number of likely N-dealkylation sites (tertiary alicyclic amines) is 1. The van der Waals surface area contributed by atoms with Crippen LogP contribution in [0.1, 0.15) is 36.0 Å². The normalized spacial score (nSPS) is 19.8. The highest BCUT2D eigenvalue weighted by molar-refractivity contribution is 5.98. The van der Waals surface area contributed by atoms with Crippen molar-refractivity contribution in [3.8, 4) is 17.3 Å². The molecule has 2 amide bonds. The van der Waals surface area contributed by atoms with Gasteiger partial charge in [-0.1, -0.05) is 0 Å². The van der Waals surface area contributed by atoms with E-state index in [1.165, 1.54) is 17.1 Å². The predicted octanol–water partition coefficient (Wildman–Crippen LogP) is 3.21. The smallest absolute Gasteiger partial charge is 0.407 e. The highest BCUT2D eigenvalue weighted by Gasteiger charge is 2.47. The maximum absolute atomic E-state index is 13.3. The number of carbonyl (C=O) groups is 2. The second-order valence-electron chi connectivity index (χ2n) is 8.71. The first kappa shape index (κ1) is 25.5. The Morgan fingerprint density at radius 3 is 2.70 bits per heavy atom. The van der Waals surface area contributed by atoms with Crippen LogP contribution in [0.4, 0.5) is 29.5 Å². The average molecular weight is 517 g/mol. The number of rotatable bonds is 7. The summed E-state index contributed by atoms with van der Waals surface area (Å²) in [6, 6.07) is 3.91. The second-order valence-corrected chi connectivity index (χ2v) is 8.71. The number of piperidine rings is 1. The summed E-state index contributed by atoms with van der Waals surface area (Å²) < 4.78 is 41.0. The summed E-state index contributed by atoms with van der Waals surface area (Å²) in [6.45, 7) is -0.244. The first-order valence-electron chi connectivity index (χ1n) is 11.1. The molecule has 0 bridgehead atoms. The van der Waals surface area contributed by atoms with Gasteiger partial charge >= 0.3 is 12.3 Å². The first-order chi connectivity index (χ1) is 17.5. The molecule has 2 unspecified atom stereocenters. The fourth-order valence-corrected chi connectivity index (χ4v) is 4.52. The summed E-state index contributed by atoms with van der Waals surface area (Å²) >= 11 is 0. The quantitative estimate of drug-likeness (QED) is 0.369. The lowest BCUT2D eigenvalue weighted by Crippen LogP contribution is -2.54. The van der Waals surface area contributed by atoms with Gasteiger partial charge in [-0.25, -0.2) is 4.79 Å². The Bertz CT molecular complexity index is 1320. The van der Waals surface area contributed by atoms with Gasteiger partial charge in [0.2, 0.25) is 0 Å². The summed E-state index contributed by atoms with van der Waals surface area (Å²) in [7, 11) is 0. The summed E-state index contributed by atoms with van der Waals surface area (Å²) in [6.07, 6.45) is -2.03. The number of nitrogens with zero attached hydrogens (tertiary/aromatic N) is 6. The van der Waals surface area contributed by atoms with Crippen LogP contribution >= 0.6 is 0 Å². The average Bonchev–Trinajstić information content (AvgIpc) is 3.49. The van der Waals surface area contributed by atoms with Crippen LogP contribution in [-0.2, 0) is 5.54 Å². The van der Waals surface area contributed by atoms with Gasteiger partial charge in [0, 0.05) is 30.5 Å². The number of pyridine rings is 1. The fraction of sp³-hybridized carbons (Fsp3) is 0.364. The molecular weight excluding hydrogens is 495 g/mol. The molecule has 0 saturated carbocycles. The molecule has 3 aromatic heterocycles. The number of hydrogen-bond donors (Lipinski definition) is 4. The van der Waals surface area contributed by atoms with Gasteiger partial charge in [0.25, 0.3) is 5.91 Å². The number of carbonyl (C=O) groups excluding carboxylic acids is 1. The van der Waals surface area contributed by atoms with Gasteiger partial charge in [-0.15, -0.1) is 0 Å². The molecule has 0 aromatic carbocycles. The molecule has 2 atom stereocenters. The van der Waals surface area contributed by atoms with E-state index < -0.39 is 36.2 Å². The highest BCUT2D eigenvalue weighted by atomic mass is 19.4. The number of aromatic amines is 1. The lowest BCUT2D eigenvalue weighted by atomic mass is 9.80. The number of nitrogens with one attached hydrogen (secondary N) is 2. The molecule has 4 rings (SSSR count). The summed E-state index contributed by atoms with van der Waals surface area (Å²) in [5.41, 5.74) is 6.03. The third-order valence-corrected chi connectivity index (χ3v) is 6.28.